The molecular formula is C12H17NO3S. The lowest BCUT2D eigenvalue weighted by molar-refractivity contribution is 0.281. The molecule has 0 amide bonds. The molecule has 0 bridgehead atoms. The van der Waals surface area contributed by atoms with E-state index in [-0.39, 0.29) is 11.5 Å². The lowest BCUT2D eigenvalue weighted by atomic mass is 10.2. The summed E-state index contributed by atoms with van der Waals surface area (Å²) in [6, 6.07) is 6.37. The number of rotatable bonds is 5. The van der Waals surface area contributed by atoms with Crippen LogP contribution < -0.4 is 4.72 Å². The molecule has 1 aromatic rings. The normalized spacial score (nSPS) is 23.6. The fourth-order valence-corrected chi connectivity index (χ4v) is 2.96. The Bertz CT molecular complexity index is 498. The number of sulfonamides is 1. The summed E-state index contributed by atoms with van der Waals surface area (Å²) in [6.07, 6.45) is 1.10. The average molecular weight is 255 g/mol. The molecule has 1 saturated carbocycles. The Labute approximate surface area is 102 Å². The van der Waals surface area contributed by atoms with Crippen molar-refractivity contribution in [3.8, 4) is 0 Å². The molecule has 2 unspecified atom stereocenters. The van der Waals surface area contributed by atoms with E-state index in [9.17, 15) is 8.42 Å². The first-order chi connectivity index (χ1) is 8.03. The highest BCUT2D eigenvalue weighted by atomic mass is 32.2. The number of aliphatic hydroxyl groups excluding tert-OH is 1. The molecule has 94 valence electrons. The van der Waals surface area contributed by atoms with E-state index in [0.717, 1.165) is 6.42 Å². The van der Waals surface area contributed by atoms with Crippen LogP contribution in [-0.4, -0.2) is 20.1 Å². The Morgan fingerprint density at radius 2 is 2.18 bits per heavy atom. The van der Waals surface area contributed by atoms with Crippen LogP contribution in [0.2, 0.25) is 0 Å². The summed E-state index contributed by atoms with van der Waals surface area (Å²) < 4.78 is 26.5. The van der Waals surface area contributed by atoms with Gasteiger partial charge in [-0.3, -0.25) is 0 Å². The zero-order valence-electron chi connectivity index (χ0n) is 9.76. The minimum absolute atomic E-state index is 0.150. The molecule has 0 spiro atoms. The molecule has 2 N–H and O–H groups in total. The Balaban J connectivity index is 2.07. The highest BCUT2D eigenvalue weighted by molar-refractivity contribution is 7.89. The largest absolute Gasteiger partial charge is 0.392 e. The molecule has 0 radical (unpaired) electrons. The first-order valence-electron chi connectivity index (χ1n) is 5.72. The zero-order chi connectivity index (χ0) is 12.5. The van der Waals surface area contributed by atoms with Crippen LogP contribution in [0.3, 0.4) is 0 Å². The van der Waals surface area contributed by atoms with Crippen molar-refractivity contribution in [3.63, 3.8) is 0 Å². The molecule has 0 saturated heterocycles. The van der Waals surface area contributed by atoms with Crippen molar-refractivity contribution in [1.82, 2.24) is 4.72 Å². The number of hydrogen-bond donors (Lipinski definition) is 2. The minimum Gasteiger partial charge on any atom is -0.392 e. The molecular weight excluding hydrogens is 238 g/mol. The van der Waals surface area contributed by atoms with Crippen LogP contribution in [0.4, 0.5) is 0 Å². The molecule has 2 rings (SSSR count). The number of hydrogen-bond acceptors (Lipinski definition) is 3. The molecule has 17 heavy (non-hydrogen) atoms. The van der Waals surface area contributed by atoms with Crippen molar-refractivity contribution in [1.29, 1.82) is 0 Å². The van der Waals surface area contributed by atoms with Crippen LogP contribution in [0.5, 0.6) is 0 Å². The predicted molar refractivity (Wildman–Crippen MR) is 64.8 cm³/mol. The van der Waals surface area contributed by atoms with Crippen LogP contribution in [0, 0.1) is 11.8 Å². The lowest BCUT2D eigenvalue weighted by Crippen LogP contribution is -2.26. The summed E-state index contributed by atoms with van der Waals surface area (Å²) in [6.45, 7) is 2.47. The summed E-state index contributed by atoms with van der Waals surface area (Å²) in [5, 5.41) is 8.98. The van der Waals surface area contributed by atoms with Crippen molar-refractivity contribution >= 4 is 10.0 Å². The average Bonchev–Trinajstić information content (AvgIpc) is 3.03. The van der Waals surface area contributed by atoms with Crippen LogP contribution in [-0.2, 0) is 16.6 Å². The fourth-order valence-electron chi connectivity index (χ4n) is 1.79. The minimum atomic E-state index is -3.43. The molecule has 2 atom stereocenters. The number of benzene rings is 1. The van der Waals surface area contributed by atoms with Crippen LogP contribution >= 0.6 is 0 Å². The van der Waals surface area contributed by atoms with Crippen LogP contribution in [0.15, 0.2) is 29.2 Å². The van der Waals surface area contributed by atoms with Gasteiger partial charge in [0.15, 0.2) is 0 Å². The molecule has 5 heteroatoms. The predicted octanol–water partition coefficient (Wildman–Crippen LogP) is 1.11. The first kappa shape index (κ1) is 12.5. The second kappa shape index (κ2) is 4.76. The van der Waals surface area contributed by atoms with Gasteiger partial charge in [0.25, 0.3) is 0 Å². The van der Waals surface area contributed by atoms with Gasteiger partial charge in [-0.05, 0) is 36.0 Å². The number of aliphatic hydroxyl groups is 1. The lowest BCUT2D eigenvalue weighted by Gasteiger charge is -2.07. The zero-order valence-corrected chi connectivity index (χ0v) is 10.6. The van der Waals surface area contributed by atoms with Crippen LogP contribution in [0.1, 0.15) is 18.9 Å². The van der Waals surface area contributed by atoms with Crippen molar-refractivity contribution < 1.29 is 13.5 Å². The fraction of sp³-hybridized carbons (Fsp3) is 0.500. The smallest absolute Gasteiger partial charge is 0.240 e. The molecule has 1 fully saturated rings. The molecule has 0 aromatic heterocycles. The SMILES string of the molecule is CC1CC1CNS(=O)(=O)c1cccc(CO)c1. The molecule has 1 aliphatic carbocycles. The van der Waals surface area contributed by atoms with E-state index in [1.54, 1.807) is 12.1 Å². The molecule has 0 heterocycles. The van der Waals surface area contributed by atoms with Gasteiger partial charge in [-0.25, -0.2) is 13.1 Å². The Hall–Kier alpha value is -0.910. The van der Waals surface area contributed by atoms with Gasteiger partial charge in [-0.1, -0.05) is 19.1 Å². The van der Waals surface area contributed by atoms with E-state index in [1.807, 2.05) is 0 Å². The first-order valence-corrected chi connectivity index (χ1v) is 7.20. The van der Waals surface area contributed by atoms with E-state index in [2.05, 4.69) is 11.6 Å². The molecule has 4 nitrogen and oxygen atoms in total. The summed E-state index contributed by atoms with van der Waals surface area (Å²) in [7, 11) is -3.43. The quantitative estimate of drug-likeness (QED) is 0.828. The second-order valence-electron chi connectivity index (χ2n) is 4.63. The van der Waals surface area contributed by atoms with E-state index in [0.29, 0.717) is 23.9 Å². The Morgan fingerprint density at radius 3 is 2.76 bits per heavy atom. The van der Waals surface area contributed by atoms with Crippen molar-refractivity contribution in [2.45, 2.75) is 24.8 Å². The summed E-state index contributed by atoms with van der Waals surface area (Å²) in [5.74, 6) is 1.10. The third-order valence-electron chi connectivity index (χ3n) is 3.20. The van der Waals surface area contributed by atoms with E-state index in [1.165, 1.54) is 12.1 Å². The van der Waals surface area contributed by atoms with E-state index >= 15 is 0 Å². The van der Waals surface area contributed by atoms with Gasteiger partial charge in [0.1, 0.15) is 0 Å². The van der Waals surface area contributed by atoms with Gasteiger partial charge in [0.2, 0.25) is 10.0 Å². The monoisotopic (exact) mass is 255 g/mol. The summed E-state index contributed by atoms with van der Waals surface area (Å²) >= 11 is 0. The van der Waals surface area contributed by atoms with Gasteiger partial charge in [-0.15, -0.1) is 0 Å². The van der Waals surface area contributed by atoms with E-state index < -0.39 is 10.0 Å². The molecule has 1 aromatic carbocycles. The highest BCUT2D eigenvalue weighted by Crippen LogP contribution is 2.37. The second-order valence-corrected chi connectivity index (χ2v) is 6.40. The Kier molecular flexibility index (Phi) is 3.51. The third-order valence-corrected chi connectivity index (χ3v) is 4.62. The number of nitrogens with one attached hydrogen (secondary N) is 1. The standard InChI is InChI=1S/C12H17NO3S/c1-9-5-11(9)7-13-17(15,16)12-4-2-3-10(6-12)8-14/h2-4,6,9,11,13-14H,5,7-8H2,1H3. The Morgan fingerprint density at radius 1 is 1.47 bits per heavy atom. The molecule has 1 aliphatic rings. The summed E-state index contributed by atoms with van der Waals surface area (Å²) in [4.78, 5) is 0.220. The van der Waals surface area contributed by atoms with Crippen molar-refractivity contribution in [3.05, 3.63) is 29.8 Å². The van der Waals surface area contributed by atoms with Gasteiger partial charge in [-0.2, -0.15) is 0 Å². The highest BCUT2D eigenvalue weighted by Gasteiger charge is 2.33. The van der Waals surface area contributed by atoms with Crippen molar-refractivity contribution in [2.75, 3.05) is 6.54 Å². The summed E-state index contributed by atoms with van der Waals surface area (Å²) in [5.41, 5.74) is 0.604. The van der Waals surface area contributed by atoms with Crippen LogP contribution in [0.25, 0.3) is 0 Å². The van der Waals surface area contributed by atoms with Gasteiger partial charge in [0.05, 0.1) is 11.5 Å². The molecule has 0 aliphatic heterocycles. The van der Waals surface area contributed by atoms with Gasteiger partial charge in [0, 0.05) is 6.54 Å². The maximum Gasteiger partial charge on any atom is 0.240 e. The maximum absolute atomic E-state index is 11.9. The van der Waals surface area contributed by atoms with E-state index in [4.69, 9.17) is 5.11 Å². The topological polar surface area (TPSA) is 66.4 Å². The third kappa shape index (κ3) is 3.06. The van der Waals surface area contributed by atoms with Gasteiger partial charge >= 0.3 is 0 Å². The maximum atomic E-state index is 11.9. The van der Waals surface area contributed by atoms with Gasteiger partial charge < -0.3 is 5.11 Å². The van der Waals surface area contributed by atoms with Crippen molar-refractivity contribution in [2.24, 2.45) is 11.8 Å².